The average Bonchev–Trinajstić information content (AvgIpc) is 2.97. The summed E-state index contributed by atoms with van der Waals surface area (Å²) in [6.45, 7) is 17.1. The van der Waals surface area contributed by atoms with Crippen molar-refractivity contribution in [3.05, 3.63) is 35.1 Å². The van der Waals surface area contributed by atoms with Gasteiger partial charge in [-0.25, -0.2) is 0 Å². The topological polar surface area (TPSA) is 12.0 Å². The van der Waals surface area contributed by atoms with E-state index in [2.05, 4.69) is 72.0 Å². The highest BCUT2D eigenvalue weighted by Crippen LogP contribution is 2.59. The Bertz CT molecular complexity index is 550. The Morgan fingerprint density at radius 1 is 1.22 bits per heavy atom. The van der Waals surface area contributed by atoms with Crippen LogP contribution in [-0.4, -0.2) is 15.4 Å². The van der Waals surface area contributed by atoms with Crippen molar-refractivity contribution in [1.82, 2.24) is 5.32 Å². The lowest BCUT2D eigenvalue weighted by molar-refractivity contribution is -0.00281. The Morgan fingerprint density at radius 2 is 1.87 bits per heavy atom. The van der Waals surface area contributed by atoms with Crippen molar-refractivity contribution in [3.8, 4) is 0 Å². The maximum absolute atomic E-state index is 4.00. The molecule has 0 fully saturated rings. The molecule has 0 bridgehead atoms. The molecule has 0 aromatic heterocycles. The van der Waals surface area contributed by atoms with Crippen LogP contribution in [0.5, 0.6) is 0 Å². The van der Waals surface area contributed by atoms with Gasteiger partial charge in [-0.05, 0) is 43.1 Å². The normalized spacial score (nSPS) is 32.3. The van der Waals surface area contributed by atoms with Crippen molar-refractivity contribution in [3.63, 3.8) is 0 Å². The van der Waals surface area contributed by atoms with E-state index in [0.717, 1.165) is 16.7 Å². The zero-order valence-electron chi connectivity index (χ0n) is 16.6. The van der Waals surface area contributed by atoms with Crippen LogP contribution in [-0.2, 0) is 0 Å². The van der Waals surface area contributed by atoms with Gasteiger partial charge < -0.3 is 5.32 Å². The zero-order valence-corrected chi connectivity index (χ0v) is 18.6. The van der Waals surface area contributed by atoms with Crippen LogP contribution < -0.4 is 5.32 Å². The standard InChI is InChI=1S/C21H37NSi/c1-8-9-14-18-15(2)16(3)21(23,20(6,7)19(18,4)5)22-17-12-10-11-13-17/h10-12,18,22H,8-9,13-14H2,1-7,23H3. The molecule has 0 spiro atoms. The van der Waals surface area contributed by atoms with Gasteiger partial charge in [0.05, 0.1) is 0 Å². The quantitative estimate of drug-likeness (QED) is 0.569. The Kier molecular flexibility index (Phi) is 5.07. The average molecular weight is 332 g/mol. The minimum absolute atomic E-state index is 0.140. The maximum Gasteiger partial charge on any atom is 0.0441 e. The summed E-state index contributed by atoms with van der Waals surface area (Å²) >= 11 is 0. The molecular weight excluding hydrogens is 294 g/mol. The molecule has 2 aliphatic carbocycles. The number of allylic oxidation sites excluding steroid dienone is 4. The molecule has 2 atom stereocenters. The summed E-state index contributed by atoms with van der Waals surface area (Å²) in [6.07, 6.45) is 11.7. The lowest BCUT2D eigenvalue weighted by atomic mass is 9.50. The molecule has 0 heterocycles. The summed E-state index contributed by atoms with van der Waals surface area (Å²) in [6, 6.07) is 0. The van der Waals surface area contributed by atoms with Crippen molar-refractivity contribution in [2.45, 2.75) is 79.3 Å². The van der Waals surface area contributed by atoms with Gasteiger partial charge in [0.2, 0.25) is 0 Å². The Labute approximate surface area is 147 Å². The fraction of sp³-hybridized carbons (Fsp3) is 0.714. The highest BCUT2D eigenvalue weighted by molar-refractivity contribution is 6.18. The number of hydrogen-bond acceptors (Lipinski definition) is 1. The molecule has 0 radical (unpaired) electrons. The molecule has 0 amide bonds. The van der Waals surface area contributed by atoms with Crippen LogP contribution in [0.4, 0.5) is 0 Å². The number of rotatable bonds is 5. The van der Waals surface area contributed by atoms with E-state index in [9.17, 15) is 0 Å². The summed E-state index contributed by atoms with van der Waals surface area (Å²) in [5, 5.41) is 4.14. The molecule has 2 rings (SSSR count). The van der Waals surface area contributed by atoms with Crippen LogP contribution in [0.25, 0.3) is 0 Å². The Morgan fingerprint density at radius 3 is 2.39 bits per heavy atom. The van der Waals surface area contributed by atoms with Crippen LogP contribution in [0.15, 0.2) is 35.1 Å². The molecule has 0 aliphatic heterocycles. The molecule has 130 valence electrons. The molecule has 1 nitrogen and oxygen atoms in total. The van der Waals surface area contributed by atoms with E-state index in [4.69, 9.17) is 0 Å². The third kappa shape index (κ3) is 2.77. The number of hydrogen-bond donors (Lipinski definition) is 1. The molecular formula is C21H37NSi. The fourth-order valence-corrected chi connectivity index (χ4v) is 6.20. The predicted molar refractivity (Wildman–Crippen MR) is 107 cm³/mol. The van der Waals surface area contributed by atoms with Crippen molar-refractivity contribution < 1.29 is 0 Å². The first-order chi connectivity index (χ1) is 10.6. The van der Waals surface area contributed by atoms with E-state index < -0.39 is 0 Å². The molecule has 23 heavy (non-hydrogen) atoms. The minimum atomic E-state index is 0.140. The van der Waals surface area contributed by atoms with E-state index in [1.807, 2.05) is 0 Å². The second-order valence-corrected chi connectivity index (χ2v) is 10.4. The lowest BCUT2D eigenvalue weighted by Gasteiger charge is -2.62. The van der Waals surface area contributed by atoms with Crippen molar-refractivity contribution in [2.75, 3.05) is 0 Å². The number of nitrogens with one attached hydrogen (secondary N) is 1. The second kappa shape index (κ2) is 6.27. The molecule has 0 aromatic rings. The van der Waals surface area contributed by atoms with Gasteiger partial charge in [0.15, 0.2) is 0 Å². The lowest BCUT2D eigenvalue weighted by Crippen LogP contribution is -2.66. The summed E-state index contributed by atoms with van der Waals surface area (Å²) in [7, 11) is 1.12. The predicted octanol–water partition coefficient (Wildman–Crippen LogP) is 4.69. The fourth-order valence-electron chi connectivity index (χ4n) is 4.84. The maximum atomic E-state index is 4.00. The summed E-state index contributed by atoms with van der Waals surface area (Å²) in [5.41, 5.74) is 5.19. The van der Waals surface area contributed by atoms with Crippen LogP contribution >= 0.6 is 0 Å². The molecule has 2 aliphatic rings. The van der Waals surface area contributed by atoms with Crippen LogP contribution in [0.1, 0.15) is 74.1 Å². The first-order valence-electron chi connectivity index (χ1n) is 9.41. The van der Waals surface area contributed by atoms with Gasteiger partial charge in [-0.2, -0.15) is 0 Å². The van der Waals surface area contributed by atoms with Crippen molar-refractivity contribution in [1.29, 1.82) is 0 Å². The van der Waals surface area contributed by atoms with Gasteiger partial charge in [0.1, 0.15) is 0 Å². The monoisotopic (exact) mass is 331 g/mol. The van der Waals surface area contributed by atoms with E-state index in [1.165, 1.54) is 25.0 Å². The minimum Gasteiger partial charge on any atom is -0.382 e. The van der Waals surface area contributed by atoms with E-state index in [0.29, 0.717) is 11.3 Å². The first-order valence-corrected chi connectivity index (χ1v) is 10.4. The smallest absolute Gasteiger partial charge is 0.0441 e. The van der Waals surface area contributed by atoms with E-state index >= 15 is 0 Å². The summed E-state index contributed by atoms with van der Waals surface area (Å²) in [5.74, 6) is 0.706. The third-order valence-corrected chi connectivity index (χ3v) is 9.87. The van der Waals surface area contributed by atoms with Gasteiger partial charge in [-0.1, -0.05) is 70.8 Å². The van der Waals surface area contributed by atoms with Crippen LogP contribution in [0.3, 0.4) is 0 Å². The SMILES string of the molecule is CCCCC1C(C)=C(C)C([SiH3])(NC2=CC=CC2)C(C)(C)C1(C)C. The molecule has 1 N–H and O–H groups in total. The molecule has 2 heteroatoms. The largest absolute Gasteiger partial charge is 0.382 e. The summed E-state index contributed by atoms with van der Waals surface area (Å²) < 4.78 is 0. The highest BCUT2D eigenvalue weighted by Gasteiger charge is 2.58. The van der Waals surface area contributed by atoms with E-state index in [-0.39, 0.29) is 10.6 Å². The second-order valence-electron chi connectivity index (χ2n) is 8.92. The Hall–Kier alpha value is -0.763. The van der Waals surface area contributed by atoms with Gasteiger partial charge in [-0.15, -0.1) is 0 Å². The van der Waals surface area contributed by atoms with Crippen molar-refractivity contribution >= 4 is 10.2 Å². The highest BCUT2D eigenvalue weighted by atomic mass is 28.1. The van der Waals surface area contributed by atoms with E-state index in [1.54, 1.807) is 11.1 Å². The van der Waals surface area contributed by atoms with Gasteiger partial charge in [0.25, 0.3) is 0 Å². The van der Waals surface area contributed by atoms with Gasteiger partial charge in [0, 0.05) is 27.5 Å². The first kappa shape index (κ1) is 18.6. The van der Waals surface area contributed by atoms with Gasteiger partial charge >= 0.3 is 0 Å². The molecule has 0 aromatic carbocycles. The molecule has 0 saturated heterocycles. The van der Waals surface area contributed by atoms with Gasteiger partial charge in [-0.3, -0.25) is 0 Å². The number of unbranched alkanes of at least 4 members (excludes halogenated alkanes) is 1. The third-order valence-electron chi connectivity index (χ3n) is 7.62. The zero-order chi connectivity index (χ0) is 17.5. The Balaban J connectivity index is 2.48. The van der Waals surface area contributed by atoms with Crippen molar-refractivity contribution in [2.24, 2.45) is 16.7 Å². The molecule has 2 unspecified atom stereocenters. The van der Waals surface area contributed by atoms with Crippen LogP contribution in [0.2, 0.25) is 0 Å². The molecule has 0 saturated carbocycles. The summed E-state index contributed by atoms with van der Waals surface area (Å²) in [4.78, 5) is 0. The van der Waals surface area contributed by atoms with Crippen LogP contribution in [0, 0.1) is 16.7 Å².